The van der Waals surface area contributed by atoms with Crippen LogP contribution in [-0.4, -0.2) is 12.5 Å². The van der Waals surface area contributed by atoms with Gasteiger partial charge in [0.1, 0.15) is 0 Å². The lowest BCUT2D eigenvalue weighted by molar-refractivity contribution is 1.20. The molecule has 1 aromatic rings. The van der Waals surface area contributed by atoms with E-state index in [1.807, 2.05) is 0 Å². The topological polar surface area (TPSA) is 0 Å². The third-order valence-corrected chi connectivity index (χ3v) is 6.68. The number of fused-ring (bicyclic) bond motifs is 1. The zero-order valence-electron chi connectivity index (χ0n) is 11.3. The van der Waals surface area contributed by atoms with E-state index in [1.54, 1.807) is 9.80 Å². The number of benzene rings is 1. The molecule has 92 valence electrons. The first-order chi connectivity index (χ1) is 8.12. The van der Waals surface area contributed by atoms with Crippen LogP contribution in [0.3, 0.4) is 0 Å². The van der Waals surface area contributed by atoms with Gasteiger partial charge in [0.2, 0.25) is 0 Å². The highest BCUT2D eigenvalue weighted by Crippen LogP contribution is 2.66. The average Bonchev–Trinajstić information content (AvgIpc) is 2.55. The maximum atomic E-state index is 2.43. The van der Waals surface area contributed by atoms with Crippen LogP contribution in [0.25, 0.3) is 5.57 Å². The molecule has 0 N–H and O–H groups in total. The van der Waals surface area contributed by atoms with Gasteiger partial charge in [-0.25, -0.2) is 0 Å². The Labute approximate surface area is 107 Å². The Bertz CT molecular complexity index is 478. The van der Waals surface area contributed by atoms with E-state index in [0.29, 0.717) is 0 Å². The molecular formula is C16H22S. The summed E-state index contributed by atoms with van der Waals surface area (Å²) in [7, 11) is -0.748. The molecule has 0 saturated heterocycles. The number of hydrogen-bond acceptors (Lipinski definition) is 0. The third-order valence-electron chi connectivity index (χ3n) is 3.48. The van der Waals surface area contributed by atoms with Crippen molar-refractivity contribution in [3.05, 3.63) is 46.9 Å². The van der Waals surface area contributed by atoms with Crippen LogP contribution in [-0.2, 0) is 0 Å². The second-order valence-corrected chi connectivity index (χ2v) is 8.41. The van der Waals surface area contributed by atoms with Gasteiger partial charge in [-0.15, -0.1) is 0 Å². The summed E-state index contributed by atoms with van der Waals surface area (Å²) in [5.74, 6) is 0. The van der Waals surface area contributed by atoms with E-state index in [4.69, 9.17) is 0 Å². The van der Waals surface area contributed by atoms with Gasteiger partial charge in [-0.3, -0.25) is 0 Å². The van der Waals surface area contributed by atoms with Crippen LogP contribution in [0.5, 0.6) is 0 Å². The quantitative estimate of drug-likeness (QED) is 0.686. The second-order valence-electron chi connectivity index (χ2n) is 4.82. The van der Waals surface area contributed by atoms with E-state index in [2.05, 4.69) is 62.8 Å². The minimum absolute atomic E-state index is 0.748. The van der Waals surface area contributed by atoms with Gasteiger partial charge in [-0.05, 0) is 47.5 Å². The lowest BCUT2D eigenvalue weighted by Crippen LogP contribution is -1.95. The SMILES string of the molecule is CC/C=C\C1=C(CC)S(C)(C)c2ccccc21. The Kier molecular flexibility index (Phi) is 3.48. The van der Waals surface area contributed by atoms with Gasteiger partial charge in [0.25, 0.3) is 0 Å². The zero-order chi connectivity index (χ0) is 12.5. The van der Waals surface area contributed by atoms with Gasteiger partial charge in [-0.2, -0.15) is 10.0 Å². The van der Waals surface area contributed by atoms with E-state index < -0.39 is 10.0 Å². The first-order valence-corrected chi connectivity index (χ1v) is 8.80. The summed E-state index contributed by atoms with van der Waals surface area (Å²) >= 11 is 0. The molecule has 1 aliphatic rings. The summed E-state index contributed by atoms with van der Waals surface area (Å²) in [5.41, 5.74) is 2.96. The molecule has 1 aliphatic heterocycles. The first-order valence-electron chi connectivity index (χ1n) is 6.35. The van der Waals surface area contributed by atoms with Gasteiger partial charge >= 0.3 is 0 Å². The molecular weight excluding hydrogens is 224 g/mol. The van der Waals surface area contributed by atoms with Crippen LogP contribution in [0.4, 0.5) is 0 Å². The van der Waals surface area contributed by atoms with Crippen molar-refractivity contribution in [3.63, 3.8) is 0 Å². The summed E-state index contributed by atoms with van der Waals surface area (Å²) in [6, 6.07) is 8.93. The monoisotopic (exact) mass is 246 g/mol. The van der Waals surface area contributed by atoms with Crippen molar-refractivity contribution in [2.24, 2.45) is 0 Å². The van der Waals surface area contributed by atoms with Crippen LogP contribution in [0.1, 0.15) is 32.3 Å². The molecule has 0 spiro atoms. The fourth-order valence-electron chi connectivity index (χ4n) is 2.66. The molecule has 0 amide bonds. The van der Waals surface area contributed by atoms with Crippen LogP contribution >= 0.6 is 10.0 Å². The zero-order valence-corrected chi connectivity index (χ0v) is 12.1. The minimum Gasteiger partial charge on any atom is -0.196 e. The summed E-state index contributed by atoms with van der Waals surface area (Å²) in [5, 5.41) is 0. The summed E-state index contributed by atoms with van der Waals surface area (Å²) < 4.78 is 0. The van der Waals surface area contributed by atoms with E-state index in [-0.39, 0.29) is 0 Å². The van der Waals surface area contributed by atoms with Crippen LogP contribution in [0, 0.1) is 0 Å². The summed E-state index contributed by atoms with van der Waals surface area (Å²) in [4.78, 5) is 3.22. The Balaban J connectivity index is 2.62. The smallest absolute Gasteiger partial charge is 0.00125 e. The largest absolute Gasteiger partial charge is 0.196 e. The maximum Gasteiger partial charge on any atom is 0.00125 e. The minimum atomic E-state index is -0.748. The van der Waals surface area contributed by atoms with Gasteiger partial charge < -0.3 is 0 Å². The van der Waals surface area contributed by atoms with Gasteiger partial charge in [-0.1, -0.05) is 44.2 Å². The predicted molar refractivity (Wildman–Crippen MR) is 80.8 cm³/mol. The second kappa shape index (κ2) is 4.73. The molecule has 0 nitrogen and oxygen atoms in total. The van der Waals surface area contributed by atoms with E-state index in [0.717, 1.165) is 6.42 Å². The Morgan fingerprint density at radius 1 is 1.12 bits per heavy atom. The average molecular weight is 246 g/mol. The number of rotatable bonds is 3. The standard InChI is InChI=1S/C16H22S/c1-5-7-10-13-14-11-8-9-12-16(14)17(3,4)15(13)6-2/h7-12H,5-6H2,1-4H3/b10-7-. The highest BCUT2D eigenvalue weighted by atomic mass is 32.3. The van der Waals surface area contributed by atoms with Gasteiger partial charge in [0, 0.05) is 4.90 Å². The maximum absolute atomic E-state index is 2.43. The molecule has 0 aliphatic carbocycles. The van der Waals surface area contributed by atoms with Crippen molar-refractivity contribution in [2.75, 3.05) is 12.5 Å². The highest BCUT2D eigenvalue weighted by Gasteiger charge is 2.31. The third kappa shape index (κ3) is 1.97. The highest BCUT2D eigenvalue weighted by molar-refractivity contribution is 8.36. The lowest BCUT2D eigenvalue weighted by Gasteiger charge is -2.30. The van der Waals surface area contributed by atoms with Crippen molar-refractivity contribution >= 4 is 15.6 Å². The van der Waals surface area contributed by atoms with Crippen molar-refractivity contribution in [3.8, 4) is 0 Å². The normalized spacial score (nSPS) is 19.8. The molecule has 0 atom stereocenters. The summed E-state index contributed by atoms with van der Waals surface area (Å²) in [6.07, 6.45) is 11.7. The van der Waals surface area contributed by atoms with Crippen molar-refractivity contribution < 1.29 is 0 Å². The van der Waals surface area contributed by atoms with Crippen molar-refractivity contribution in [1.82, 2.24) is 0 Å². The lowest BCUT2D eigenvalue weighted by atomic mass is 10.0. The van der Waals surface area contributed by atoms with E-state index >= 15 is 0 Å². The van der Waals surface area contributed by atoms with Crippen LogP contribution in [0.2, 0.25) is 0 Å². The molecule has 1 heterocycles. The Hall–Kier alpha value is -0.950. The molecule has 2 rings (SSSR count). The van der Waals surface area contributed by atoms with Gasteiger partial charge in [0.15, 0.2) is 0 Å². The van der Waals surface area contributed by atoms with Crippen molar-refractivity contribution in [1.29, 1.82) is 0 Å². The van der Waals surface area contributed by atoms with E-state index in [1.165, 1.54) is 17.6 Å². The number of hydrogen-bond donors (Lipinski definition) is 0. The Morgan fingerprint density at radius 2 is 1.82 bits per heavy atom. The van der Waals surface area contributed by atoms with Crippen LogP contribution in [0.15, 0.2) is 46.2 Å². The van der Waals surface area contributed by atoms with E-state index in [9.17, 15) is 0 Å². The van der Waals surface area contributed by atoms with Crippen molar-refractivity contribution in [2.45, 2.75) is 31.6 Å². The molecule has 0 radical (unpaired) electrons. The van der Waals surface area contributed by atoms with Crippen LogP contribution < -0.4 is 0 Å². The Morgan fingerprint density at radius 3 is 2.47 bits per heavy atom. The fraction of sp³-hybridized carbons (Fsp3) is 0.375. The molecule has 17 heavy (non-hydrogen) atoms. The molecule has 0 aromatic heterocycles. The molecule has 0 unspecified atom stereocenters. The van der Waals surface area contributed by atoms with Gasteiger partial charge in [0.05, 0.1) is 0 Å². The predicted octanol–water partition coefficient (Wildman–Crippen LogP) is 5.21. The first kappa shape index (κ1) is 12.5. The molecule has 0 saturated carbocycles. The number of allylic oxidation sites excluding steroid dienone is 4. The molecule has 0 fully saturated rings. The molecule has 1 aromatic carbocycles. The fourth-order valence-corrected chi connectivity index (χ4v) is 5.52. The molecule has 1 heteroatoms. The summed E-state index contributed by atoms with van der Waals surface area (Å²) in [6.45, 7) is 4.48. The molecule has 0 bridgehead atoms.